The Morgan fingerprint density at radius 2 is 1.87 bits per heavy atom. The van der Waals surface area contributed by atoms with Crippen LogP contribution in [0, 0.1) is 0 Å². The van der Waals surface area contributed by atoms with Crippen LogP contribution in [0.4, 0.5) is 13.2 Å². The molecule has 1 aromatic carbocycles. The molecule has 0 aliphatic heterocycles. The zero-order valence-corrected chi connectivity index (χ0v) is 18.2. The molecule has 0 atom stereocenters. The predicted molar refractivity (Wildman–Crippen MR) is 114 cm³/mol. The number of thiazole rings is 1. The van der Waals surface area contributed by atoms with E-state index in [-0.39, 0.29) is 6.54 Å². The van der Waals surface area contributed by atoms with Gasteiger partial charge in [-0.3, -0.25) is 4.99 Å². The van der Waals surface area contributed by atoms with Crippen LogP contribution >= 0.6 is 11.3 Å². The normalized spacial score (nSPS) is 12.3. The molecule has 0 aliphatic rings. The average molecular weight is 444 g/mol. The predicted octanol–water partition coefficient (Wildman–Crippen LogP) is 3.75. The Labute approximate surface area is 179 Å². The van der Waals surface area contributed by atoms with Gasteiger partial charge >= 0.3 is 6.18 Å². The summed E-state index contributed by atoms with van der Waals surface area (Å²) in [5, 5.41) is 7.49. The van der Waals surface area contributed by atoms with Gasteiger partial charge in [-0.05, 0) is 19.2 Å². The number of likely N-dealkylation sites (N-methyl/N-ethyl adjacent to an activating group) is 1. The molecule has 0 spiro atoms. The highest BCUT2D eigenvalue weighted by Crippen LogP contribution is 2.29. The highest BCUT2D eigenvalue weighted by Gasteiger charge is 2.33. The molecule has 10 heteroatoms. The van der Waals surface area contributed by atoms with Gasteiger partial charge in [-0.1, -0.05) is 32.0 Å². The lowest BCUT2D eigenvalue weighted by Gasteiger charge is -2.19. The fourth-order valence-electron chi connectivity index (χ4n) is 2.70. The minimum Gasteiger partial charge on any atom is -0.492 e. The average Bonchev–Trinajstić information content (AvgIpc) is 3.22. The molecule has 2 aromatic rings. The maximum absolute atomic E-state index is 12.7. The van der Waals surface area contributed by atoms with Crippen LogP contribution in [0.25, 0.3) is 0 Å². The molecule has 0 unspecified atom stereocenters. The van der Waals surface area contributed by atoms with Gasteiger partial charge in [0.2, 0.25) is 0 Å². The lowest BCUT2D eigenvalue weighted by Crippen LogP contribution is -2.36. The molecule has 0 fully saturated rings. The van der Waals surface area contributed by atoms with E-state index in [2.05, 4.69) is 39.4 Å². The monoisotopic (exact) mass is 443 g/mol. The topological polar surface area (TPSA) is 61.8 Å². The van der Waals surface area contributed by atoms with Crippen LogP contribution in [0.3, 0.4) is 0 Å². The fraction of sp³-hybridized carbons (Fsp3) is 0.500. The van der Waals surface area contributed by atoms with Crippen molar-refractivity contribution in [2.24, 2.45) is 4.99 Å². The maximum atomic E-state index is 12.7. The van der Waals surface area contributed by atoms with Crippen molar-refractivity contribution in [1.82, 2.24) is 20.5 Å². The van der Waals surface area contributed by atoms with Gasteiger partial charge in [-0.2, -0.15) is 13.2 Å². The molecule has 166 valence electrons. The smallest absolute Gasteiger partial charge is 0.434 e. The van der Waals surface area contributed by atoms with Crippen LogP contribution in [0.5, 0.6) is 5.75 Å². The van der Waals surface area contributed by atoms with Crippen molar-refractivity contribution < 1.29 is 17.9 Å². The molecular formula is C20H28F3N5OS. The van der Waals surface area contributed by atoms with Crippen LogP contribution < -0.4 is 15.4 Å². The van der Waals surface area contributed by atoms with Crippen molar-refractivity contribution in [1.29, 1.82) is 0 Å². The summed E-state index contributed by atoms with van der Waals surface area (Å²) in [5.41, 5.74) is 0.0941. The number of ether oxygens (including phenoxy) is 1. The van der Waals surface area contributed by atoms with E-state index in [1.54, 1.807) is 7.05 Å². The molecule has 0 saturated carbocycles. The summed E-state index contributed by atoms with van der Waals surface area (Å²) in [5.74, 6) is 1.26. The molecule has 2 N–H and O–H groups in total. The number of aliphatic imine (C=N–C) groups is 1. The first-order valence-electron chi connectivity index (χ1n) is 9.76. The third kappa shape index (κ3) is 7.49. The molecule has 0 amide bonds. The Hall–Kier alpha value is -2.33. The van der Waals surface area contributed by atoms with Crippen molar-refractivity contribution in [3.05, 3.63) is 45.9 Å². The Morgan fingerprint density at radius 1 is 1.17 bits per heavy atom. The summed E-state index contributed by atoms with van der Waals surface area (Å²) in [6.45, 7) is 8.27. The quantitative estimate of drug-likeness (QED) is 0.433. The largest absolute Gasteiger partial charge is 0.492 e. The van der Waals surface area contributed by atoms with Crippen LogP contribution in [-0.2, 0) is 19.3 Å². The van der Waals surface area contributed by atoms with Gasteiger partial charge in [0.25, 0.3) is 0 Å². The van der Waals surface area contributed by atoms with Crippen LogP contribution in [-0.4, -0.2) is 49.1 Å². The molecule has 0 saturated heterocycles. The zero-order valence-electron chi connectivity index (χ0n) is 17.4. The molecule has 30 heavy (non-hydrogen) atoms. The van der Waals surface area contributed by atoms with E-state index < -0.39 is 11.9 Å². The Kier molecular flexibility index (Phi) is 9.38. The number of aromatic nitrogens is 1. The number of guanidine groups is 1. The van der Waals surface area contributed by atoms with Gasteiger partial charge in [-0.15, -0.1) is 11.3 Å². The van der Waals surface area contributed by atoms with E-state index in [1.165, 1.54) is 0 Å². The van der Waals surface area contributed by atoms with E-state index in [4.69, 9.17) is 4.74 Å². The van der Waals surface area contributed by atoms with Gasteiger partial charge in [0.15, 0.2) is 11.7 Å². The summed E-state index contributed by atoms with van der Waals surface area (Å²) < 4.78 is 43.9. The second kappa shape index (κ2) is 11.8. The first-order valence-corrected chi connectivity index (χ1v) is 10.6. The van der Waals surface area contributed by atoms with Gasteiger partial charge in [0.1, 0.15) is 17.4 Å². The molecule has 2 rings (SSSR count). The maximum Gasteiger partial charge on any atom is 0.434 e. The summed E-state index contributed by atoms with van der Waals surface area (Å²) in [6.07, 6.45) is -4.43. The van der Waals surface area contributed by atoms with Gasteiger partial charge in [0.05, 0.1) is 6.54 Å². The van der Waals surface area contributed by atoms with Crippen molar-refractivity contribution in [3.63, 3.8) is 0 Å². The van der Waals surface area contributed by atoms with E-state index in [0.717, 1.165) is 47.7 Å². The second-order valence-electron chi connectivity index (χ2n) is 6.39. The minimum atomic E-state index is -4.43. The minimum absolute atomic E-state index is 0.155. The fourth-order valence-corrected chi connectivity index (χ4v) is 3.44. The molecule has 1 aromatic heterocycles. The van der Waals surface area contributed by atoms with E-state index in [1.807, 2.05) is 24.3 Å². The first kappa shape index (κ1) is 23.9. The van der Waals surface area contributed by atoms with Gasteiger partial charge in [-0.25, -0.2) is 4.98 Å². The van der Waals surface area contributed by atoms with E-state index in [0.29, 0.717) is 24.1 Å². The van der Waals surface area contributed by atoms with Crippen molar-refractivity contribution in [2.45, 2.75) is 33.1 Å². The molecular weight excluding hydrogens is 415 g/mol. The first-order chi connectivity index (χ1) is 14.4. The number of benzene rings is 1. The van der Waals surface area contributed by atoms with Crippen molar-refractivity contribution in [2.75, 3.05) is 33.3 Å². The van der Waals surface area contributed by atoms with Gasteiger partial charge in [0, 0.05) is 31.1 Å². The number of alkyl halides is 3. The highest BCUT2D eigenvalue weighted by molar-refractivity contribution is 7.09. The second-order valence-corrected chi connectivity index (χ2v) is 7.33. The number of para-hydroxylation sites is 1. The zero-order chi connectivity index (χ0) is 22.0. The summed E-state index contributed by atoms with van der Waals surface area (Å²) >= 11 is 0.960. The number of hydrogen-bond acceptors (Lipinski definition) is 5. The van der Waals surface area contributed by atoms with E-state index in [9.17, 15) is 13.2 Å². The summed E-state index contributed by atoms with van der Waals surface area (Å²) in [4.78, 5) is 10.0. The van der Waals surface area contributed by atoms with Crippen LogP contribution in [0.2, 0.25) is 0 Å². The summed E-state index contributed by atoms with van der Waals surface area (Å²) in [7, 11) is 1.60. The standard InChI is InChI=1S/C20H28F3N5OS/c1-4-28(5-2)10-11-29-16-9-7-6-8-15(16)12-25-19(24-3)26-13-18-27-17(14-30-18)20(21,22)23/h6-9,14H,4-5,10-13H2,1-3H3,(H2,24,25,26). The molecule has 0 radical (unpaired) electrons. The number of nitrogens with zero attached hydrogens (tertiary/aromatic N) is 3. The lowest BCUT2D eigenvalue weighted by atomic mass is 10.2. The SMILES string of the molecule is CCN(CC)CCOc1ccccc1CNC(=NC)NCc1nc(C(F)(F)F)cs1. The third-order valence-electron chi connectivity index (χ3n) is 4.45. The Bertz CT molecular complexity index is 806. The van der Waals surface area contributed by atoms with Crippen LogP contribution in [0.1, 0.15) is 30.1 Å². The molecule has 1 heterocycles. The van der Waals surface area contributed by atoms with Gasteiger partial charge < -0.3 is 20.3 Å². The van der Waals surface area contributed by atoms with Crippen molar-refractivity contribution in [3.8, 4) is 5.75 Å². The number of rotatable bonds is 10. The highest BCUT2D eigenvalue weighted by atomic mass is 32.1. The number of hydrogen-bond donors (Lipinski definition) is 2. The molecule has 0 bridgehead atoms. The Morgan fingerprint density at radius 3 is 2.50 bits per heavy atom. The van der Waals surface area contributed by atoms with Crippen LogP contribution in [0.15, 0.2) is 34.6 Å². The molecule has 6 nitrogen and oxygen atoms in total. The Balaban J connectivity index is 1.87. The third-order valence-corrected chi connectivity index (χ3v) is 5.30. The summed E-state index contributed by atoms with van der Waals surface area (Å²) in [6, 6.07) is 7.73. The lowest BCUT2D eigenvalue weighted by molar-refractivity contribution is -0.140. The van der Waals surface area contributed by atoms with E-state index >= 15 is 0 Å². The number of nitrogens with one attached hydrogen (secondary N) is 2. The molecule has 0 aliphatic carbocycles. The van der Waals surface area contributed by atoms with Crippen molar-refractivity contribution >= 4 is 17.3 Å². The number of halogens is 3.